The molecule has 3 heteroatoms. The molecule has 0 radical (unpaired) electrons. The van der Waals surface area contributed by atoms with Crippen molar-refractivity contribution in [1.29, 1.82) is 0 Å². The Morgan fingerprint density at radius 1 is 1.56 bits per heavy atom. The van der Waals surface area contributed by atoms with E-state index >= 15 is 0 Å². The number of hydrogen-bond donors (Lipinski definition) is 1. The van der Waals surface area contributed by atoms with E-state index in [1.807, 2.05) is 12.3 Å². The molecule has 2 rings (SSSR count). The lowest BCUT2D eigenvalue weighted by Gasteiger charge is -2.35. The molecule has 1 saturated heterocycles. The largest absolute Gasteiger partial charge is 0.369 e. The van der Waals surface area contributed by atoms with Gasteiger partial charge in [0.25, 0.3) is 0 Å². The Morgan fingerprint density at radius 3 is 3.19 bits per heavy atom. The first-order valence-corrected chi connectivity index (χ1v) is 6.21. The highest BCUT2D eigenvalue weighted by Crippen LogP contribution is 2.21. The third-order valence-corrected chi connectivity index (χ3v) is 3.23. The maximum absolute atomic E-state index is 4.36. The molecule has 0 aromatic carbocycles. The van der Waals surface area contributed by atoms with Crippen molar-refractivity contribution in [2.24, 2.45) is 0 Å². The van der Waals surface area contributed by atoms with Crippen LogP contribution in [0.2, 0.25) is 0 Å². The van der Waals surface area contributed by atoms with E-state index in [0.717, 1.165) is 25.3 Å². The van der Waals surface area contributed by atoms with Crippen LogP contribution in [0.1, 0.15) is 25.5 Å². The van der Waals surface area contributed by atoms with Gasteiger partial charge in [0.2, 0.25) is 0 Å². The number of aromatic nitrogens is 1. The van der Waals surface area contributed by atoms with E-state index < -0.39 is 0 Å². The summed E-state index contributed by atoms with van der Waals surface area (Å²) in [5, 5.41) is 3.54. The Balaban J connectivity index is 2.07. The summed E-state index contributed by atoms with van der Waals surface area (Å²) in [5.74, 6) is 0. The van der Waals surface area contributed by atoms with Crippen LogP contribution in [0.4, 0.5) is 5.69 Å². The quantitative estimate of drug-likeness (QED) is 0.842. The third-order valence-electron chi connectivity index (χ3n) is 3.23. The molecule has 1 aliphatic heterocycles. The van der Waals surface area contributed by atoms with E-state index in [1.54, 1.807) is 0 Å². The standard InChI is InChI=1S/C13H21N3/c1-3-14-12-6-5-9-16(10-12)13-7-4-8-15-11(13)2/h4,7-8,12,14H,3,5-6,9-10H2,1-2H3. The average molecular weight is 219 g/mol. The number of pyridine rings is 1. The summed E-state index contributed by atoms with van der Waals surface area (Å²) in [4.78, 5) is 6.82. The van der Waals surface area contributed by atoms with Gasteiger partial charge >= 0.3 is 0 Å². The van der Waals surface area contributed by atoms with Gasteiger partial charge in [-0.15, -0.1) is 0 Å². The first-order chi connectivity index (χ1) is 7.81. The number of nitrogens with one attached hydrogen (secondary N) is 1. The molecule has 1 aliphatic rings. The molecule has 1 N–H and O–H groups in total. The lowest BCUT2D eigenvalue weighted by atomic mass is 10.0. The van der Waals surface area contributed by atoms with Crippen molar-refractivity contribution < 1.29 is 0 Å². The van der Waals surface area contributed by atoms with Gasteiger partial charge in [0, 0.05) is 25.3 Å². The molecule has 1 aromatic heterocycles. The third kappa shape index (κ3) is 2.53. The molecule has 0 saturated carbocycles. The van der Waals surface area contributed by atoms with Gasteiger partial charge in [0.1, 0.15) is 0 Å². The number of hydrogen-bond acceptors (Lipinski definition) is 3. The van der Waals surface area contributed by atoms with Gasteiger partial charge in [-0.3, -0.25) is 4.98 Å². The van der Waals surface area contributed by atoms with E-state index in [1.165, 1.54) is 18.5 Å². The number of anilines is 1. The highest BCUT2D eigenvalue weighted by atomic mass is 15.2. The topological polar surface area (TPSA) is 28.2 Å². The highest BCUT2D eigenvalue weighted by molar-refractivity contribution is 5.50. The van der Waals surface area contributed by atoms with Gasteiger partial charge in [-0.1, -0.05) is 6.92 Å². The predicted molar refractivity (Wildman–Crippen MR) is 67.9 cm³/mol. The average Bonchev–Trinajstić information content (AvgIpc) is 2.30. The Bertz CT molecular complexity index is 336. The second-order valence-corrected chi connectivity index (χ2v) is 4.45. The van der Waals surface area contributed by atoms with Gasteiger partial charge < -0.3 is 10.2 Å². The zero-order valence-corrected chi connectivity index (χ0v) is 10.2. The summed E-state index contributed by atoms with van der Waals surface area (Å²) >= 11 is 0. The molecule has 88 valence electrons. The minimum atomic E-state index is 0.637. The SMILES string of the molecule is CCNC1CCCN(c2cccnc2C)C1. The fraction of sp³-hybridized carbons (Fsp3) is 0.615. The molecule has 1 unspecified atom stereocenters. The summed E-state index contributed by atoms with van der Waals surface area (Å²) in [7, 11) is 0. The molecule has 0 amide bonds. The van der Waals surface area contributed by atoms with Crippen LogP contribution in [-0.2, 0) is 0 Å². The minimum Gasteiger partial charge on any atom is -0.369 e. The van der Waals surface area contributed by atoms with Gasteiger partial charge in [-0.05, 0) is 38.4 Å². The van der Waals surface area contributed by atoms with E-state index in [-0.39, 0.29) is 0 Å². The predicted octanol–water partition coefficient (Wildman–Crippen LogP) is 1.97. The smallest absolute Gasteiger partial charge is 0.0605 e. The van der Waals surface area contributed by atoms with Crippen molar-refractivity contribution in [3.63, 3.8) is 0 Å². The first-order valence-electron chi connectivity index (χ1n) is 6.21. The van der Waals surface area contributed by atoms with Crippen LogP contribution in [0.25, 0.3) is 0 Å². The normalized spacial score (nSPS) is 21.1. The summed E-state index contributed by atoms with van der Waals surface area (Å²) in [6.07, 6.45) is 4.43. The number of rotatable bonds is 3. The molecule has 0 aliphatic carbocycles. The first kappa shape index (κ1) is 11.4. The lowest BCUT2D eigenvalue weighted by molar-refractivity contribution is 0.431. The second kappa shape index (κ2) is 5.30. The van der Waals surface area contributed by atoms with Crippen LogP contribution in [0.5, 0.6) is 0 Å². The molecule has 1 aromatic rings. The summed E-state index contributed by atoms with van der Waals surface area (Å²) in [5.41, 5.74) is 2.43. The van der Waals surface area contributed by atoms with Crippen LogP contribution >= 0.6 is 0 Å². The fourth-order valence-corrected chi connectivity index (χ4v) is 2.46. The van der Waals surface area contributed by atoms with Gasteiger partial charge in [0.05, 0.1) is 11.4 Å². The van der Waals surface area contributed by atoms with Crippen LogP contribution in [-0.4, -0.2) is 30.7 Å². The maximum atomic E-state index is 4.36. The molecule has 0 bridgehead atoms. The monoisotopic (exact) mass is 219 g/mol. The number of piperidine rings is 1. The van der Waals surface area contributed by atoms with Crippen molar-refractivity contribution in [2.75, 3.05) is 24.5 Å². The van der Waals surface area contributed by atoms with Crippen molar-refractivity contribution in [1.82, 2.24) is 10.3 Å². The highest BCUT2D eigenvalue weighted by Gasteiger charge is 2.20. The van der Waals surface area contributed by atoms with Gasteiger partial charge in [-0.25, -0.2) is 0 Å². The zero-order valence-electron chi connectivity index (χ0n) is 10.2. The molecule has 2 heterocycles. The van der Waals surface area contributed by atoms with Crippen molar-refractivity contribution in [3.8, 4) is 0 Å². The molecule has 1 atom stereocenters. The van der Waals surface area contributed by atoms with Crippen LogP contribution in [0.15, 0.2) is 18.3 Å². The molecule has 3 nitrogen and oxygen atoms in total. The Hall–Kier alpha value is -1.09. The van der Waals surface area contributed by atoms with Crippen LogP contribution < -0.4 is 10.2 Å². The van der Waals surface area contributed by atoms with Crippen LogP contribution in [0, 0.1) is 6.92 Å². The van der Waals surface area contributed by atoms with Gasteiger partial charge in [-0.2, -0.15) is 0 Å². The second-order valence-electron chi connectivity index (χ2n) is 4.45. The van der Waals surface area contributed by atoms with E-state index in [0.29, 0.717) is 6.04 Å². The Kier molecular flexibility index (Phi) is 3.78. The van der Waals surface area contributed by atoms with Crippen molar-refractivity contribution >= 4 is 5.69 Å². The van der Waals surface area contributed by atoms with Crippen LogP contribution in [0.3, 0.4) is 0 Å². The number of nitrogens with zero attached hydrogens (tertiary/aromatic N) is 2. The van der Waals surface area contributed by atoms with Gasteiger partial charge in [0.15, 0.2) is 0 Å². The minimum absolute atomic E-state index is 0.637. The lowest BCUT2D eigenvalue weighted by Crippen LogP contribution is -2.45. The molecule has 1 fully saturated rings. The number of aryl methyl sites for hydroxylation is 1. The molecular formula is C13H21N3. The van der Waals surface area contributed by atoms with E-state index in [4.69, 9.17) is 0 Å². The molecule has 0 spiro atoms. The Labute approximate surface area is 97.9 Å². The van der Waals surface area contributed by atoms with E-state index in [2.05, 4.69) is 35.1 Å². The van der Waals surface area contributed by atoms with Crippen molar-refractivity contribution in [3.05, 3.63) is 24.0 Å². The fourth-order valence-electron chi connectivity index (χ4n) is 2.46. The van der Waals surface area contributed by atoms with E-state index in [9.17, 15) is 0 Å². The summed E-state index contributed by atoms with van der Waals surface area (Å²) < 4.78 is 0. The summed E-state index contributed by atoms with van der Waals surface area (Å²) in [6, 6.07) is 4.84. The Morgan fingerprint density at radius 2 is 2.44 bits per heavy atom. The van der Waals surface area contributed by atoms with Crippen molar-refractivity contribution in [2.45, 2.75) is 32.7 Å². The number of likely N-dealkylation sites (N-methyl/N-ethyl adjacent to an activating group) is 1. The zero-order chi connectivity index (χ0) is 11.4. The summed E-state index contributed by atoms with van der Waals surface area (Å²) in [6.45, 7) is 7.60. The maximum Gasteiger partial charge on any atom is 0.0605 e. The molecular weight excluding hydrogens is 198 g/mol. The molecule has 16 heavy (non-hydrogen) atoms.